The smallest absolute Gasteiger partial charge is 0.240 e. The van der Waals surface area contributed by atoms with Gasteiger partial charge in [-0.25, -0.2) is 13.2 Å². The van der Waals surface area contributed by atoms with Crippen LogP contribution in [-0.4, -0.2) is 6.43 Å². The standard InChI is InChI=1S/C9H10F3N/c10-7-4-2-1-3-6(7)8(13)5-9(11)12/h1-4,8-9H,5,13H2/t8-/m0/s1. The van der Waals surface area contributed by atoms with E-state index in [0.717, 1.165) is 0 Å². The zero-order valence-corrected chi connectivity index (χ0v) is 6.88. The molecule has 1 atom stereocenters. The number of rotatable bonds is 3. The normalized spacial score (nSPS) is 13.3. The van der Waals surface area contributed by atoms with Crippen LogP contribution < -0.4 is 5.73 Å². The molecule has 0 unspecified atom stereocenters. The van der Waals surface area contributed by atoms with Crippen LogP contribution in [0.15, 0.2) is 24.3 Å². The third-order valence-corrected chi connectivity index (χ3v) is 1.74. The Kier molecular flexibility index (Phi) is 3.31. The van der Waals surface area contributed by atoms with E-state index < -0.39 is 24.7 Å². The molecule has 0 aliphatic heterocycles. The zero-order valence-electron chi connectivity index (χ0n) is 6.88. The molecule has 0 heterocycles. The van der Waals surface area contributed by atoms with Gasteiger partial charge in [0.15, 0.2) is 0 Å². The average molecular weight is 189 g/mol. The molecular weight excluding hydrogens is 179 g/mol. The molecule has 2 N–H and O–H groups in total. The summed E-state index contributed by atoms with van der Waals surface area (Å²) in [7, 11) is 0. The number of nitrogens with two attached hydrogens (primary N) is 1. The summed E-state index contributed by atoms with van der Waals surface area (Å²) in [6.07, 6.45) is -3.02. The van der Waals surface area contributed by atoms with Crippen molar-refractivity contribution in [2.75, 3.05) is 0 Å². The third kappa shape index (κ3) is 2.73. The lowest BCUT2D eigenvalue weighted by atomic mass is 10.0. The van der Waals surface area contributed by atoms with E-state index in [-0.39, 0.29) is 5.56 Å². The monoisotopic (exact) mass is 189 g/mol. The first kappa shape index (κ1) is 10.1. The molecule has 1 rings (SSSR count). The van der Waals surface area contributed by atoms with Crippen LogP contribution in [0.2, 0.25) is 0 Å². The average Bonchev–Trinajstić information content (AvgIpc) is 2.03. The maximum atomic E-state index is 13.0. The van der Waals surface area contributed by atoms with Gasteiger partial charge in [-0.2, -0.15) is 0 Å². The van der Waals surface area contributed by atoms with E-state index in [4.69, 9.17) is 5.73 Å². The molecule has 4 heteroatoms. The molecular formula is C9H10F3N. The van der Waals surface area contributed by atoms with E-state index in [0.29, 0.717) is 0 Å². The van der Waals surface area contributed by atoms with Crippen molar-refractivity contribution in [3.8, 4) is 0 Å². The van der Waals surface area contributed by atoms with Crippen LogP contribution in [0.4, 0.5) is 13.2 Å². The summed E-state index contributed by atoms with van der Waals surface area (Å²) in [5.41, 5.74) is 5.52. The van der Waals surface area contributed by atoms with Crippen molar-refractivity contribution in [2.24, 2.45) is 5.73 Å². The van der Waals surface area contributed by atoms with Gasteiger partial charge in [0.2, 0.25) is 6.43 Å². The number of hydrogen-bond acceptors (Lipinski definition) is 1. The molecule has 0 aromatic heterocycles. The molecule has 72 valence electrons. The van der Waals surface area contributed by atoms with E-state index >= 15 is 0 Å². The van der Waals surface area contributed by atoms with Crippen molar-refractivity contribution in [3.63, 3.8) is 0 Å². The second-order valence-electron chi connectivity index (χ2n) is 2.75. The zero-order chi connectivity index (χ0) is 9.84. The SMILES string of the molecule is N[C@@H](CC(F)F)c1ccccc1F. The highest BCUT2D eigenvalue weighted by Crippen LogP contribution is 2.20. The molecule has 1 aromatic rings. The van der Waals surface area contributed by atoms with Gasteiger partial charge in [-0.05, 0) is 6.07 Å². The summed E-state index contributed by atoms with van der Waals surface area (Å²) in [6, 6.07) is 4.77. The highest BCUT2D eigenvalue weighted by molar-refractivity contribution is 5.20. The Balaban J connectivity index is 2.76. The highest BCUT2D eigenvalue weighted by atomic mass is 19.3. The number of hydrogen-bond donors (Lipinski definition) is 1. The number of benzene rings is 1. The minimum atomic E-state index is -2.50. The molecule has 0 amide bonds. The van der Waals surface area contributed by atoms with E-state index in [2.05, 4.69) is 0 Å². The predicted octanol–water partition coefficient (Wildman–Crippen LogP) is 2.48. The lowest BCUT2D eigenvalue weighted by molar-refractivity contribution is 0.128. The first-order valence-electron chi connectivity index (χ1n) is 3.89. The molecule has 13 heavy (non-hydrogen) atoms. The van der Waals surface area contributed by atoms with Crippen molar-refractivity contribution in [3.05, 3.63) is 35.6 Å². The van der Waals surface area contributed by atoms with E-state index in [1.54, 1.807) is 6.07 Å². The Morgan fingerprint density at radius 2 is 1.85 bits per heavy atom. The molecule has 0 aliphatic rings. The van der Waals surface area contributed by atoms with Crippen LogP contribution >= 0.6 is 0 Å². The maximum absolute atomic E-state index is 13.0. The Morgan fingerprint density at radius 1 is 1.23 bits per heavy atom. The van der Waals surface area contributed by atoms with Crippen molar-refractivity contribution in [2.45, 2.75) is 18.9 Å². The van der Waals surface area contributed by atoms with Gasteiger partial charge in [0, 0.05) is 18.0 Å². The molecule has 1 nitrogen and oxygen atoms in total. The molecule has 0 radical (unpaired) electrons. The fraction of sp³-hybridized carbons (Fsp3) is 0.333. The Morgan fingerprint density at radius 3 is 2.38 bits per heavy atom. The van der Waals surface area contributed by atoms with Crippen LogP contribution in [0.1, 0.15) is 18.0 Å². The summed E-state index contributed by atoms with van der Waals surface area (Å²) in [5.74, 6) is -0.532. The molecule has 1 aromatic carbocycles. The van der Waals surface area contributed by atoms with E-state index in [9.17, 15) is 13.2 Å². The fourth-order valence-corrected chi connectivity index (χ4v) is 1.09. The van der Waals surface area contributed by atoms with Crippen molar-refractivity contribution >= 4 is 0 Å². The highest BCUT2D eigenvalue weighted by Gasteiger charge is 2.15. The molecule has 0 saturated carbocycles. The van der Waals surface area contributed by atoms with E-state index in [1.807, 2.05) is 0 Å². The van der Waals surface area contributed by atoms with Gasteiger partial charge in [0.05, 0.1) is 0 Å². The first-order chi connectivity index (χ1) is 6.11. The van der Waals surface area contributed by atoms with Gasteiger partial charge in [-0.1, -0.05) is 18.2 Å². The number of halogens is 3. The fourth-order valence-electron chi connectivity index (χ4n) is 1.09. The largest absolute Gasteiger partial charge is 0.324 e. The van der Waals surface area contributed by atoms with Gasteiger partial charge < -0.3 is 5.73 Å². The minimum Gasteiger partial charge on any atom is -0.324 e. The molecule has 0 fully saturated rings. The summed E-state index contributed by atoms with van der Waals surface area (Å²) in [6.45, 7) is 0. The van der Waals surface area contributed by atoms with Gasteiger partial charge in [0.25, 0.3) is 0 Å². The second-order valence-corrected chi connectivity index (χ2v) is 2.75. The Bertz CT molecular complexity index is 275. The summed E-state index contributed by atoms with van der Waals surface area (Å²) in [5, 5.41) is 0. The summed E-state index contributed by atoms with van der Waals surface area (Å²) < 4.78 is 36.8. The lowest BCUT2D eigenvalue weighted by Crippen LogP contribution is -2.15. The van der Waals surface area contributed by atoms with Crippen LogP contribution in [0.3, 0.4) is 0 Å². The summed E-state index contributed by atoms with van der Waals surface area (Å²) in [4.78, 5) is 0. The Hall–Kier alpha value is -1.03. The third-order valence-electron chi connectivity index (χ3n) is 1.74. The quantitative estimate of drug-likeness (QED) is 0.776. The maximum Gasteiger partial charge on any atom is 0.240 e. The molecule has 0 spiro atoms. The summed E-state index contributed by atoms with van der Waals surface area (Å²) >= 11 is 0. The van der Waals surface area contributed by atoms with Crippen molar-refractivity contribution in [1.82, 2.24) is 0 Å². The predicted molar refractivity (Wildman–Crippen MR) is 43.9 cm³/mol. The van der Waals surface area contributed by atoms with Crippen LogP contribution in [0.25, 0.3) is 0 Å². The lowest BCUT2D eigenvalue weighted by Gasteiger charge is -2.11. The van der Waals surface area contributed by atoms with Crippen molar-refractivity contribution < 1.29 is 13.2 Å². The molecule has 0 bridgehead atoms. The van der Waals surface area contributed by atoms with Gasteiger partial charge in [0.1, 0.15) is 5.82 Å². The number of alkyl halides is 2. The van der Waals surface area contributed by atoms with Crippen molar-refractivity contribution in [1.29, 1.82) is 0 Å². The topological polar surface area (TPSA) is 26.0 Å². The molecule has 0 aliphatic carbocycles. The van der Waals surface area contributed by atoms with E-state index in [1.165, 1.54) is 18.2 Å². The van der Waals surface area contributed by atoms with Crippen LogP contribution in [-0.2, 0) is 0 Å². The van der Waals surface area contributed by atoms with Gasteiger partial charge in [-0.15, -0.1) is 0 Å². The van der Waals surface area contributed by atoms with Crippen LogP contribution in [0, 0.1) is 5.82 Å². The Labute approximate surface area is 74.4 Å². The second kappa shape index (κ2) is 4.28. The molecule has 0 saturated heterocycles. The van der Waals surface area contributed by atoms with Gasteiger partial charge >= 0.3 is 0 Å². The minimum absolute atomic E-state index is 0.141. The van der Waals surface area contributed by atoms with Crippen LogP contribution in [0.5, 0.6) is 0 Å². The van der Waals surface area contributed by atoms with Gasteiger partial charge in [-0.3, -0.25) is 0 Å². The first-order valence-corrected chi connectivity index (χ1v) is 3.89.